The first-order valence-corrected chi connectivity index (χ1v) is 7.06. The Morgan fingerprint density at radius 2 is 1.82 bits per heavy atom. The summed E-state index contributed by atoms with van der Waals surface area (Å²) < 4.78 is 39.7. The molecule has 0 aliphatic carbocycles. The van der Waals surface area contributed by atoms with Crippen LogP contribution in [0.25, 0.3) is 5.00 Å². The highest BCUT2D eigenvalue weighted by Crippen LogP contribution is 2.29. The van der Waals surface area contributed by atoms with E-state index in [0.717, 1.165) is 21.5 Å². The second-order valence-corrected chi connectivity index (χ2v) is 5.40. The smallest absolute Gasteiger partial charge is 0.244 e. The molecule has 0 fully saturated rings. The van der Waals surface area contributed by atoms with E-state index >= 15 is 0 Å². The summed E-state index contributed by atoms with van der Waals surface area (Å²) in [5, 5.41) is 9.93. The van der Waals surface area contributed by atoms with Crippen LogP contribution in [0.5, 0.6) is 0 Å². The van der Waals surface area contributed by atoms with Crippen LogP contribution in [0.15, 0.2) is 46.6 Å². The van der Waals surface area contributed by atoms with E-state index in [0.29, 0.717) is 10.6 Å². The molecule has 3 aromatic rings. The van der Waals surface area contributed by atoms with Gasteiger partial charge in [-0.3, -0.25) is 0 Å². The van der Waals surface area contributed by atoms with Crippen molar-refractivity contribution in [3.05, 3.63) is 63.4 Å². The Labute approximate surface area is 126 Å². The lowest BCUT2D eigenvalue weighted by Crippen LogP contribution is -2.24. The Kier molecular flexibility index (Phi) is 3.57. The minimum atomic E-state index is -4.38. The van der Waals surface area contributed by atoms with Crippen molar-refractivity contribution in [2.24, 2.45) is 0 Å². The van der Waals surface area contributed by atoms with Crippen LogP contribution in [0.2, 0.25) is 0 Å². The van der Waals surface area contributed by atoms with Gasteiger partial charge in [-0.1, -0.05) is 12.1 Å². The third-order valence-corrected chi connectivity index (χ3v) is 3.81. The lowest BCUT2D eigenvalue weighted by Gasteiger charge is -2.07. The number of aromatic nitrogens is 4. The van der Waals surface area contributed by atoms with Crippen molar-refractivity contribution >= 4 is 11.3 Å². The molecule has 0 unspecified atom stereocenters. The largest absolute Gasteiger partial charge is 0.416 e. The second-order valence-electron chi connectivity index (χ2n) is 4.48. The van der Waals surface area contributed by atoms with Gasteiger partial charge in [-0.15, -0.1) is 11.3 Å². The fourth-order valence-corrected chi connectivity index (χ4v) is 2.54. The number of hydrogen-bond acceptors (Lipinski definition) is 4. The molecule has 0 saturated heterocycles. The Morgan fingerprint density at radius 3 is 2.41 bits per heavy atom. The summed E-state index contributed by atoms with van der Waals surface area (Å²) >= 11 is 1.34. The summed E-state index contributed by atoms with van der Waals surface area (Å²) in [6, 6.07) is 8.09. The third kappa shape index (κ3) is 2.80. The van der Waals surface area contributed by atoms with Crippen LogP contribution in [-0.2, 0) is 12.7 Å². The van der Waals surface area contributed by atoms with Gasteiger partial charge in [-0.25, -0.2) is 4.79 Å². The van der Waals surface area contributed by atoms with Gasteiger partial charge in [0.2, 0.25) is 0 Å². The van der Waals surface area contributed by atoms with E-state index < -0.39 is 17.4 Å². The molecule has 0 spiro atoms. The first-order valence-electron chi connectivity index (χ1n) is 6.18. The number of halogens is 3. The first-order chi connectivity index (χ1) is 10.4. The summed E-state index contributed by atoms with van der Waals surface area (Å²) in [5.41, 5.74) is -0.637. The monoisotopic (exact) mass is 326 g/mol. The van der Waals surface area contributed by atoms with Gasteiger partial charge < -0.3 is 0 Å². The Bertz CT molecular complexity index is 818. The molecule has 5 nitrogen and oxygen atoms in total. The zero-order valence-electron chi connectivity index (χ0n) is 11.0. The number of alkyl halides is 3. The van der Waals surface area contributed by atoms with E-state index in [1.807, 2.05) is 0 Å². The normalized spacial score (nSPS) is 11.8. The number of thiophene rings is 1. The number of tetrazole rings is 1. The van der Waals surface area contributed by atoms with Crippen molar-refractivity contribution in [2.75, 3.05) is 0 Å². The maximum Gasteiger partial charge on any atom is 0.416 e. The summed E-state index contributed by atoms with van der Waals surface area (Å²) in [4.78, 5) is 12.1. The molecule has 114 valence electrons. The molecule has 0 saturated carbocycles. The topological polar surface area (TPSA) is 52.7 Å². The van der Waals surface area contributed by atoms with Gasteiger partial charge in [0.25, 0.3) is 0 Å². The predicted octanol–water partition coefficient (Wildman–Crippen LogP) is 2.56. The molecule has 22 heavy (non-hydrogen) atoms. The molecule has 0 bridgehead atoms. The first kappa shape index (κ1) is 14.5. The van der Waals surface area contributed by atoms with Gasteiger partial charge in [0, 0.05) is 0 Å². The molecule has 9 heteroatoms. The maximum atomic E-state index is 12.5. The highest BCUT2D eigenvalue weighted by molar-refractivity contribution is 7.12. The lowest BCUT2D eigenvalue weighted by atomic mass is 10.1. The molecule has 0 radical (unpaired) electrons. The fourth-order valence-electron chi connectivity index (χ4n) is 1.87. The molecule has 0 atom stereocenters. The number of hydrogen-bond donors (Lipinski definition) is 0. The maximum absolute atomic E-state index is 12.5. The Balaban J connectivity index is 1.84. The van der Waals surface area contributed by atoms with Crippen molar-refractivity contribution in [1.82, 2.24) is 19.8 Å². The average Bonchev–Trinajstić information content (AvgIpc) is 3.09. The van der Waals surface area contributed by atoms with Crippen molar-refractivity contribution < 1.29 is 13.2 Å². The average molecular weight is 326 g/mol. The standard InChI is InChI=1S/C13H9F3N4OS/c14-13(15,16)10-5-3-9(4-6-10)8-19-12(21)20(18-17-19)11-2-1-7-22-11/h1-7H,8H2. The molecular weight excluding hydrogens is 317 g/mol. The highest BCUT2D eigenvalue weighted by Gasteiger charge is 2.29. The number of benzene rings is 1. The van der Waals surface area contributed by atoms with E-state index in [4.69, 9.17) is 0 Å². The van der Waals surface area contributed by atoms with Crippen LogP contribution in [0.4, 0.5) is 13.2 Å². The third-order valence-electron chi connectivity index (χ3n) is 2.97. The predicted molar refractivity (Wildman–Crippen MR) is 74.0 cm³/mol. The minimum absolute atomic E-state index is 0.0579. The van der Waals surface area contributed by atoms with Crippen LogP contribution < -0.4 is 5.69 Å². The fraction of sp³-hybridized carbons (Fsp3) is 0.154. The zero-order chi connectivity index (χ0) is 15.7. The van der Waals surface area contributed by atoms with Crippen molar-refractivity contribution in [2.45, 2.75) is 12.7 Å². The summed E-state index contributed by atoms with van der Waals surface area (Å²) in [6.07, 6.45) is -4.38. The van der Waals surface area contributed by atoms with Crippen LogP contribution in [-0.4, -0.2) is 19.8 Å². The van der Waals surface area contributed by atoms with Crippen LogP contribution in [0, 0.1) is 0 Å². The van der Waals surface area contributed by atoms with Gasteiger partial charge in [-0.05, 0) is 45.6 Å². The van der Waals surface area contributed by atoms with Gasteiger partial charge >= 0.3 is 11.9 Å². The molecule has 0 N–H and O–H groups in total. The number of rotatable bonds is 3. The molecule has 2 heterocycles. The second kappa shape index (κ2) is 5.41. The highest BCUT2D eigenvalue weighted by atomic mass is 32.1. The molecule has 0 aliphatic rings. The zero-order valence-corrected chi connectivity index (χ0v) is 11.8. The van der Waals surface area contributed by atoms with E-state index in [1.165, 1.54) is 23.5 Å². The SMILES string of the molecule is O=c1n(Cc2ccc(C(F)(F)F)cc2)nnn1-c1cccs1. The van der Waals surface area contributed by atoms with Crippen LogP contribution in [0.3, 0.4) is 0 Å². The van der Waals surface area contributed by atoms with Crippen molar-refractivity contribution in [3.63, 3.8) is 0 Å². The van der Waals surface area contributed by atoms with Crippen molar-refractivity contribution in [1.29, 1.82) is 0 Å². The van der Waals surface area contributed by atoms with Gasteiger partial charge in [0.05, 0.1) is 12.1 Å². The molecule has 3 rings (SSSR count). The Morgan fingerprint density at radius 1 is 1.09 bits per heavy atom. The molecule has 0 amide bonds. The van der Waals surface area contributed by atoms with Crippen LogP contribution in [0.1, 0.15) is 11.1 Å². The van der Waals surface area contributed by atoms with E-state index in [9.17, 15) is 18.0 Å². The Hall–Kier alpha value is -2.42. The van der Waals surface area contributed by atoms with Crippen molar-refractivity contribution in [3.8, 4) is 5.00 Å². The van der Waals surface area contributed by atoms with E-state index in [1.54, 1.807) is 17.5 Å². The summed E-state index contributed by atoms with van der Waals surface area (Å²) in [5.74, 6) is 0. The number of nitrogens with zero attached hydrogens (tertiary/aromatic N) is 4. The van der Waals surface area contributed by atoms with E-state index in [-0.39, 0.29) is 6.54 Å². The molecular formula is C13H9F3N4OS. The van der Waals surface area contributed by atoms with Gasteiger partial charge in [0.1, 0.15) is 5.00 Å². The molecule has 2 aromatic heterocycles. The molecule has 1 aromatic carbocycles. The lowest BCUT2D eigenvalue weighted by molar-refractivity contribution is -0.137. The minimum Gasteiger partial charge on any atom is -0.244 e. The quantitative estimate of drug-likeness (QED) is 0.743. The summed E-state index contributed by atoms with van der Waals surface area (Å²) in [6.45, 7) is 0.0579. The van der Waals surface area contributed by atoms with Crippen LogP contribution >= 0.6 is 11.3 Å². The van der Waals surface area contributed by atoms with E-state index in [2.05, 4.69) is 10.4 Å². The molecule has 0 aliphatic heterocycles. The van der Waals surface area contributed by atoms with Gasteiger partial charge in [0.15, 0.2) is 0 Å². The summed E-state index contributed by atoms with van der Waals surface area (Å²) in [7, 11) is 0. The van der Waals surface area contributed by atoms with Gasteiger partial charge in [-0.2, -0.15) is 22.5 Å².